The SMILES string of the molecule is COc1ccc(NC(=O)C(C)OC(=O)CCc2c(C)c3ccc(OC)cc3oc2=O)c([N+](=O)[O-])c1. The second kappa shape index (κ2) is 10.7. The van der Waals surface area contributed by atoms with Gasteiger partial charge in [0.15, 0.2) is 6.10 Å². The third-order valence-electron chi connectivity index (χ3n) is 5.41. The summed E-state index contributed by atoms with van der Waals surface area (Å²) >= 11 is 0. The highest BCUT2D eigenvalue weighted by Gasteiger charge is 2.23. The molecule has 0 saturated carbocycles. The van der Waals surface area contributed by atoms with Crippen molar-refractivity contribution in [3.63, 3.8) is 0 Å². The Morgan fingerprint density at radius 1 is 1.11 bits per heavy atom. The first kappa shape index (κ1) is 25.2. The number of fused-ring (bicyclic) bond motifs is 1. The monoisotopic (exact) mass is 484 g/mol. The van der Waals surface area contributed by atoms with E-state index in [2.05, 4.69) is 5.32 Å². The fraction of sp³-hybridized carbons (Fsp3) is 0.292. The van der Waals surface area contributed by atoms with E-state index in [9.17, 15) is 24.5 Å². The van der Waals surface area contributed by atoms with Crippen LogP contribution in [-0.4, -0.2) is 37.1 Å². The van der Waals surface area contributed by atoms with Gasteiger partial charge in [0, 0.05) is 23.4 Å². The molecule has 0 radical (unpaired) electrons. The van der Waals surface area contributed by atoms with Crippen molar-refractivity contribution in [2.75, 3.05) is 19.5 Å². The molecule has 0 bridgehead atoms. The first-order chi connectivity index (χ1) is 16.6. The number of ether oxygens (including phenoxy) is 3. The summed E-state index contributed by atoms with van der Waals surface area (Å²) in [6.45, 7) is 3.09. The maximum atomic E-state index is 12.4. The number of anilines is 1. The summed E-state index contributed by atoms with van der Waals surface area (Å²) in [6, 6.07) is 9.04. The van der Waals surface area contributed by atoms with Crippen LogP contribution in [0.4, 0.5) is 11.4 Å². The minimum Gasteiger partial charge on any atom is -0.497 e. The molecule has 1 unspecified atom stereocenters. The summed E-state index contributed by atoms with van der Waals surface area (Å²) in [4.78, 5) is 47.8. The van der Waals surface area contributed by atoms with E-state index in [1.165, 1.54) is 39.3 Å². The van der Waals surface area contributed by atoms with Gasteiger partial charge in [-0.1, -0.05) is 0 Å². The molecular formula is C24H24N2O9. The number of aryl methyl sites for hydroxylation is 1. The first-order valence-electron chi connectivity index (χ1n) is 10.6. The fourth-order valence-electron chi connectivity index (χ4n) is 3.46. The number of amides is 1. The van der Waals surface area contributed by atoms with Crippen molar-refractivity contribution in [2.24, 2.45) is 0 Å². The van der Waals surface area contributed by atoms with Crippen LogP contribution in [0.1, 0.15) is 24.5 Å². The van der Waals surface area contributed by atoms with E-state index in [4.69, 9.17) is 18.6 Å². The third-order valence-corrected chi connectivity index (χ3v) is 5.41. The molecule has 0 fully saturated rings. The van der Waals surface area contributed by atoms with E-state index in [0.717, 1.165) is 0 Å². The van der Waals surface area contributed by atoms with E-state index >= 15 is 0 Å². The Labute approximate surface area is 199 Å². The van der Waals surface area contributed by atoms with Crippen LogP contribution in [0.3, 0.4) is 0 Å². The zero-order valence-corrected chi connectivity index (χ0v) is 19.6. The average molecular weight is 484 g/mol. The topological polar surface area (TPSA) is 147 Å². The minimum absolute atomic E-state index is 0.0489. The molecule has 1 atom stereocenters. The molecule has 184 valence electrons. The largest absolute Gasteiger partial charge is 0.497 e. The number of carbonyl (C=O) groups excluding carboxylic acids is 2. The van der Waals surface area contributed by atoms with Gasteiger partial charge in [0.25, 0.3) is 11.6 Å². The van der Waals surface area contributed by atoms with Gasteiger partial charge in [-0.15, -0.1) is 0 Å². The van der Waals surface area contributed by atoms with Gasteiger partial charge in [-0.2, -0.15) is 0 Å². The normalized spacial score (nSPS) is 11.5. The lowest BCUT2D eigenvalue weighted by molar-refractivity contribution is -0.384. The predicted octanol–water partition coefficient (Wildman–Crippen LogP) is 3.53. The van der Waals surface area contributed by atoms with Crippen molar-refractivity contribution in [3.05, 3.63) is 68.1 Å². The average Bonchev–Trinajstić information content (AvgIpc) is 2.83. The quantitative estimate of drug-likeness (QED) is 0.208. The van der Waals surface area contributed by atoms with Crippen LogP contribution in [0.25, 0.3) is 11.0 Å². The molecule has 11 nitrogen and oxygen atoms in total. The van der Waals surface area contributed by atoms with Crippen molar-refractivity contribution < 1.29 is 33.1 Å². The third kappa shape index (κ3) is 5.75. The number of hydrogen-bond acceptors (Lipinski definition) is 9. The maximum absolute atomic E-state index is 12.4. The number of nitro groups is 1. The number of esters is 1. The van der Waals surface area contributed by atoms with Crippen LogP contribution in [0, 0.1) is 17.0 Å². The molecule has 1 heterocycles. The Hall–Kier alpha value is -4.41. The number of rotatable bonds is 9. The maximum Gasteiger partial charge on any atom is 0.339 e. The molecule has 1 aromatic heterocycles. The summed E-state index contributed by atoms with van der Waals surface area (Å²) in [5.74, 6) is -0.669. The van der Waals surface area contributed by atoms with Gasteiger partial charge in [-0.05, 0) is 50.1 Å². The summed E-state index contributed by atoms with van der Waals surface area (Å²) in [5.41, 5.74) is 0.358. The Morgan fingerprint density at radius 2 is 1.77 bits per heavy atom. The fourth-order valence-corrected chi connectivity index (χ4v) is 3.46. The van der Waals surface area contributed by atoms with Crippen LogP contribution in [0.15, 0.2) is 45.6 Å². The van der Waals surface area contributed by atoms with Crippen molar-refractivity contribution in [3.8, 4) is 11.5 Å². The van der Waals surface area contributed by atoms with Gasteiger partial charge in [0.2, 0.25) is 0 Å². The molecule has 35 heavy (non-hydrogen) atoms. The number of nitrogens with one attached hydrogen (secondary N) is 1. The van der Waals surface area contributed by atoms with Crippen molar-refractivity contribution >= 4 is 34.2 Å². The predicted molar refractivity (Wildman–Crippen MR) is 126 cm³/mol. The van der Waals surface area contributed by atoms with Gasteiger partial charge >= 0.3 is 11.6 Å². The molecule has 3 rings (SSSR count). The summed E-state index contributed by atoms with van der Waals surface area (Å²) in [6.07, 6.45) is -1.35. The Bertz CT molecular complexity index is 1350. The van der Waals surface area contributed by atoms with Gasteiger partial charge in [0.05, 0.1) is 25.2 Å². The lowest BCUT2D eigenvalue weighted by atomic mass is 10.0. The molecule has 0 aliphatic heterocycles. The molecule has 0 saturated heterocycles. The highest BCUT2D eigenvalue weighted by Crippen LogP contribution is 2.29. The van der Waals surface area contributed by atoms with E-state index < -0.39 is 28.5 Å². The van der Waals surface area contributed by atoms with Crippen LogP contribution >= 0.6 is 0 Å². The first-order valence-corrected chi connectivity index (χ1v) is 10.6. The van der Waals surface area contributed by atoms with Crippen LogP contribution in [0.5, 0.6) is 11.5 Å². The second-order valence-electron chi connectivity index (χ2n) is 7.62. The van der Waals surface area contributed by atoms with E-state index in [-0.39, 0.29) is 30.0 Å². The molecule has 0 aliphatic carbocycles. The summed E-state index contributed by atoms with van der Waals surface area (Å²) < 4.78 is 20.6. The zero-order chi connectivity index (χ0) is 25.7. The molecule has 1 amide bonds. The second-order valence-corrected chi connectivity index (χ2v) is 7.62. The number of nitro benzene ring substituents is 1. The summed E-state index contributed by atoms with van der Waals surface area (Å²) in [7, 11) is 2.87. The van der Waals surface area contributed by atoms with Crippen molar-refractivity contribution in [2.45, 2.75) is 32.8 Å². The summed E-state index contributed by atoms with van der Waals surface area (Å²) in [5, 5.41) is 14.4. The van der Waals surface area contributed by atoms with Crippen LogP contribution in [-0.2, 0) is 20.7 Å². The highest BCUT2D eigenvalue weighted by atomic mass is 16.6. The van der Waals surface area contributed by atoms with Crippen LogP contribution < -0.4 is 20.4 Å². The van der Waals surface area contributed by atoms with Crippen molar-refractivity contribution in [1.29, 1.82) is 0 Å². The minimum atomic E-state index is -1.23. The standard InChI is InChI=1S/C24H24N2O9/c1-13-17-7-5-16(33-4)12-21(17)35-24(29)18(13)8-10-22(27)34-14(2)23(28)25-19-9-6-15(32-3)11-20(19)26(30)31/h5-7,9,11-12,14H,8,10H2,1-4H3,(H,25,28). The Kier molecular flexibility index (Phi) is 7.69. The lowest BCUT2D eigenvalue weighted by Gasteiger charge is -2.14. The Balaban J connectivity index is 1.65. The van der Waals surface area contributed by atoms with Gasteiger partial charge in [-0.25, -0.2) is 4.79 Å². The van der Waals surface area contributed by atoms with E-state index in [1.807, 2.05) is 0 Å². The van der Waals surface area contributed by atoms with E-state index in [0.29, 0.717) is 27.8 Å². The molecule has 0 aliphatic rings. The Morgan fingerprint density at radius 3 is 2.43 bits per heavy atom. The van der Waals surface area contributed by atoms with Gasteiger partial charge < -0.3 is 23.9 Å². The molecule has 3 aromatic rings. The molecule has 11 heteroatoms. The number of benzene rings is 2. The smallest absolute Gasteiger partial charge is 0.339 e. The highest BCUT2D eigenvalue weighted by molar-refractivity contribution is 5.97. The number of methoxy groups -OCH3 is 2. The molecule has 0 spiro atoms. The number of hydrogen-bond donors (Lipinski definition) is 1. The molecule has 1 N–H and O–H groups in total. The number of carbonyl (C=O) groups is 2. The van der Waals surface area contributed by atoms with Crippen LogP contribution in [0.2, 0.25) is 0 Å². The lowest BCUT2D eigenvalue weighted by Crippen LogP contribution is -2.30. The molecular weight excluding hydrogens is 460 g/mol. The number of nitrogens with zero attached hydrogens (tertiary/aromatic N) is 1. The van der Waals surface area contributed by atoms with E-state index in [1.54, 1.807) is 25.1 Å². The molecule has 2 aromatic carbocycles. The van der Waals surface area contributed by atoms with Gasteiger partial charge in [-0.3, -0.25) is 19.7 Å². The zero-order valence-electron chi connectivity index (χ0n) is 19.6. The van der Waals surface area contributed by atoms with Gasteiger partial charge in [0.1, 0.15) is 22.8 Å². The van der Waals surface area contributed by atoms with Crippen molar-refractivity contribution in [1.82, 2.24) is 0 Å².